The summed E-state index contributed by atoms with van der Waals surface area (Å²) in [7, 11) is 1.60. The van der Waals surface area contributed by atoms with E-state index in [0.717, 1.165) is 17.5 Å². The number of carbonyl (C=O) groups is 3. The number of anilines is 2. The Morgan fingerprint density at radius 2 is 2.03 bits per heavy atom. The van der Waals surface area contributed by atoms with Gasteiger partial charge in [0.25, 0.3) is 0 Å². The minimum atomic E-state index is -0.917. The molecular weight excluding hydrogens is 428 g/mol. The molecular formula is C23H28N4O6. The standard InChI is InChI=1S/C23H28N4O6/c1-14(28)25-18-6-3-7-20-22(18)26-23(30)19(12-21(29)27-31)24-8-4-5-15-9-16(13-33-20)11-17(10-15)32-2/h3,6-7,9-11,19,24,31H,4-5,8,12-13H2,1-2H3,(H,25,28)(H,26,30)(H,27,29). The van der Waals surface area contributed by atoms with E-state index in [1.54, 1.807) is 30.8 Å². The van der Waals surface area contributed by atoms with Crippen molar-refractivity contribution in [3.63, 3.8) is 0 Å². The fourth-order valence-electron chi connectivity index (χ4n) is 3.58. The van der Waals surface area contributed by atoms with Gasteiger partial charge in [0, 0.05) is 6.92 Å². The summed E-state index contributed by atoms with van der Waals surface area (Å²) in [5.41, 5.74) is 4.13. The molecule has 1 aliphatic heterocycles. The Kier molecular flexibility index (Phi) is 8.22. The van der Waals surface area contributed by atoms with Crippen molar-refractivity contribution in [3.05, 3.63) is 47.5 Å². The van der Waals surface area contributed by atoms with Gasteiger partial charge in [-0.25, -0.2) is 5.48 Å². The topological polar surface area (TPSA) is 138 Å². The van der Waals surface area contributed by atoms with Gasteiger partial charge >= 0.3 is 0 Å². The molecule has 0 aliphatic carbocycles. The highest BCUT2D eigenvalue weighted by atomic mass is 16.5. The van der Waals surface area contributed by atoms with Crippen molar-refractivity contribution in [1.82, 2.24) is 10.8 Å². The van der Waals surface area contributed by atoms with Crippen LogP contribution in [0.25, 0.3) is 0 Å². The molecule has 3 rings (SSSR count). The van der Waals surface area contributed by atoms with Gasteiger partial charge in [0.1, 0.15) is 23.8 Å². The summed E-state index contributed by atoms with van der Waals surface area (Å²) < 4.78 is 11.4. The molecule has 2 aromatic carbocycles. The van der Waals surface area contributed by atoms with Gasteiger partial charge in [-0.3, -0.25) is 19.6 Å². The number of para-hydroxylation sites is 1. The number of carbonyl (C=O) groups excluding carboxylic acids is 3. The normalized spacial score (nSPS) is 16.3. The minimum absolute atomic E-state index is 0.213. The van der Waals surface area contributed by atoms with Crippen molar-refractivity contribution in [2.24, 2.45) is 0 Å². The monoisotopic (exact) mass is 456 g/mol. The van der Waals surface area contributed by atoms with Gasteiger partial charge < -0.3 is 25.4 Å². The largest absolute Gasteiger partial charge is 0.497 e. The Balaban J connectivity index is 2.00. The molecule has 176 valence electrons. The number of ether oxygens (including phenoxy) is 2. The molecule has 0 aromatic heterocycles. The number of aryl methyl sites for hydroxylation is 1. The Labute approximate surface area is 191 Å². The van der Waals surface area contributed by atoms with Crippen molar-refractivity contribution in [2.45, 2.75) is 38.8 Å². The molecule has 2 aromatic rings. The molecule has 1 atom stereocenters. The van der Waals surface area contributed by atoms with Crippen LogP contribution < -0.4 is 30.9 Å². The van der Waals surface area contributed by atoms with Crippen LogP contribution >= 0.6 is 0 Å². The lowest BCUT2D eigenvalue weighted by molar-refractivity contribution is -0.132. The number of methoxy groups -OCH3 is 1. The fraction of sp³-hybridized carbons (Fsp3) is 0.348. The average molecular weight is 456 g/mol. The van der Waals surface area contributed by atoms with E-state index in [2.05, 4.69) is 16.0 Å². The molecule has 1 heterocycles. The smallest absolute Gasteiger partial charge is 0.245 e. The second-order valence-electron chi connectivity index (χ2n) is 7.68. The molecule has 0 fully saturated rings. The van der Waals surface area contributed by atoms with Crippen LogP contribution in [0.4, 0.5) is 11.4 Å². The van der Waals surface area contributed by atoms with E-state index in [1.165, 1.54) is 6.92 Å². The Bertz CT molecular complexity index is 1030. The van der Waals surface area contributed by atoms with Gasteiger partial charge in [-0.1, -0.05) is 12.1 Å². The number of nitrogens with one attached hydrogen (secondary N) is 4. The summed E-state index contributed by atoms with van der Waals surface area (Å²) >= 11 is 0. The van der Waals surface area contributed by atoms with Gasteiger partial charge in [0.05, 0.1) is 25.3 Å². The molecule has 1 aliphatic rings. The molecule has 0 spiro atoms. The summed E-state index contributed by atoms with van der Waals surface area (Å²) in [4.78, 5) is 36.5. The molecule has 5 N–H and O–H groups in total. The van der Waals surface area contributed by atoms with Gasteiger partial charge in [0.15, 0.2) is 0 Å². The highest BCUT2D eigenvalue weighted by Crippen LogP contribution is 2.34. The van der Waals surface area contributed by atoms with Crippen LogP contribution in [-0.4, -0.2) is 42.6 Å². The van der Waals surface area contributed by atoms with Gasteiger partial charge in [-0.05, 0) is 54.8 Å². The van der Waals surface area contributed by atoms with Gasteiger partial charge in [-0.15, -0.1) is 0 Å². The summed E-state index contributed by atoms with van der Waals surface area (Å²) in [6.45, 7) is 2.03. The van der Waals surface area contributed by atoms with E-state index < -0.39 is 17.9 Å². The second kappa shape index (κ2) is 11.3. The summed E-state index contributed by atoms with van der Waals surface area (Å²) in [6, 6.07) is 9.95. The zero-order valence-corrected chi connectivity index (χ0v) is 18.6. The average Bonchev–Trinajstić information content (AvgIpc) is 2.79. The van der Waals surface area contributed by atoms with Crippen LogP contribution in [0.15, 0.2) is 36.4 Å². The summed E-state index contributed by atoms with van der Waals surface area (Å²) in [5.74, 6) is -0.458. The number of hydrogen-bond donors (Lipinski definition) is 5. The maximum atomic E-state index is 13.1. The molecule has 0 saturated carbocycles. The van der Waals surface area contributed by atoms with Crippen LogP contribution in [0.3, 0.4) is 0 Å². The quantitative estimate of drug-likeness (QED) is 0.350. The highest BCUT2D eigenvalue weighted by molar-refractivity contribution is 6.03. The van der Waals surface area contributed by atoms with Crippen LogP contribution in [0.2, 0.25) is 0 Å². The number of amides is 3. The van der Waals surface area contributed by atoms with Crippen LogP contribution in [0.1, 0.15) is 30.9 Å². The van der Waals surface area contributed by atoms with E-state index >= 15 is 0 Å². The number of rotatable bonds is 4. The molecule has 10 nitrogen and oxygen atoms in total. The third kappa shape index (κ3) is 6.67. The van der Waals surface area contributed by atoms with Crippen molar-refractivity contribution >= 4 is 29.1 Å². The Morgan fingerprint density at radius 3 is 2.76 bits per heavy atom. The first-order chi connectivity index (χ1) is 15.9. The summed E-state index contributed by atoms with van der Waals surface area (Å²) in [6.07, 6.45) is 1.15. The lowest BCUT2D eigenvalue weighted by Crippen LogP contribution is -2.44. The van der Waals surface area contributed by atoms with Crippen molar-refractivity contribution < 1.29 is 29.1 Å². The van der Waals surface area contributed by atoms with E-state index in [4.69, 9.17) is 14.7 Å². The zero-order chi connectivity index (χ0) is 23.8. The molecule has 2 bridgehead atoms. The molecule has 33 heavy (non-hydrogen) atoms. The number of hydrogen-bond acceptors (Lipinski definition) is 7. The number of fused-ring (bicyclic) bond motifs is 3. The fourth-order valence-corrected chi connectivity index (χ4v) is 3.58. The first kappa shape index (κ1) is 24.0. The van der Waals surface area contributed by atoms with Crippen molar-refractivity contribution in [1.29, 1.82) is 0 Å². The first-order valence-corrected chi connectivity index (χ1v) is 10.6. The predicted molar refractivity (Wildman–Crippen MR) is 121 cm³/mol. The van der Waals surface area contributed by atoms with Crippen molar-refractivity contribution in [3.8, 4) is 11.5 Å². The Morgan fingerprint density at radius 1 is 1.24 bits per heavy atom. The van der Waals surface area contributed by atoms with Gasteiger partial charge in [-0.2, -0.15) is 0 Å². The molecule has 0 radical (unpaired) electrons. The van der Waals surface area contributed by atoms with E-state index in [9.17, 15) is 14.4 Å². The maximum absolute atomic E-state index is 13.1. The third-order valence-corrected chi connectivity index (χ3v) is 5.10. The second-order valence-corrected chi connectivity index (χ2v) is 7.68. The minimum Gasteiger partial charge on any atom is -0.497 e. The van der Waals surface area contributed by atoms with Crippen LogP contribution in [0.5, 0.6) is 11.5 Å². The molecule has 10 heteroatoms. The van der Waals surface area contributed by atoms with E-state index in [0.29, 0.717) is 30.2 Å². The number of hydroxylamine groups is 1. The predicted octanol–water partition coefficient (Wildman–Crippen LogP) is 1.97. The van der Waals surface area contributed by atoms with Crippen LogP contribution in [0, 0.1) is 0 Å². The molecule has 1 unspecified atom stereocenters. The summed E-state index contributed by atoms with van der Waals surface area (Å²) in [5, 5.41) is 17.4. The maximum Gasteiger partial charge on any atom is 0.245 e. The molecule has 0 saturated heterocycles. The highest BCUT2D eigenvalue weighted by Gasteiger charge is 2.24. The third-order valence-electron chi connectivity index (χ3n) is 5.10. The lowest BCUT2D eigenvalue weighted by atomic mass is 10.1. The Hall–Kier alpha value is -3.63. The SMILES string of the molecule is COc1cc2cc(c1)COc1cccc(NC(C)=O)c1NC(=O)C(CC(=O)NO)NCCC2. The number of benzene rings is 2. The van der Waals surface area contributed by atoms with Crippen molar-refractivity contribution in [2.75, 3.05) is 24.3 Å². The zero-order valence-electron chi connectivity index (χ0n) is 18.6. The van der Waals surface area contributed by atoms with Crippen LogP contribution in [-0.2, 0) is 27.4 Å². The molecule has 3 amide bonds. The lowest BCUT2D eigenvalue weighted by Gasteiger charge is -2.22. The van der Waals surface area contributed by atoms with E-state index in [1.807, 2.05) is 18.2 Å². The van der Waals surface area contributed by atoms with Gasteiger partial charge in [0.2, 0.25) is 17.7 Å². The first-order valence-electron chi connectivity index (χ1n) is 10.6. The van der Waals surface area contributed by atoms with E-state index in [-0.39, 0.29) is 24.6 Å².